The van der Waals surface area contributed by atoms with E-state index in [1.165, 1.54) is 18.5 Å². The quantitative estimate of drug-likeness (QED) is 0.171. The Bertz CT molecular complexity index is 1820. The maximum absolute atomic E-state index is 14.2. The van der Waals surface area contributed by atoms with Crippen molar-refractivity contribution in [1.29, 1.82) is 0 Å². The number of hydrogen-bond donors (Lipinski definition) is 8. The van der Waals surface area contributed by atoms with Crippen LogP contribution in [0.1, 0.15) is 75.6 Å². The lowest BCUT2D eigenvalue weighted by molar-refractivity contribution is -0.142. The van der Waals surface area contributed by atoms with Gasteiger partial charge in [-0.1, -0.05) is 45.9 Å². The number of aliphatic hydroxyl groups is 1. The molecule has 3 heterocycles. The van der Waals surface area contributed by atoms with Gasteiger partial charge in [0.05, 0.1) is 16.8 Å². The van der Waals surface area contributed by atoms with Gasteiger partial charge >= 0.3 is 5.97 Å². The summed E-state index contributed by atoms with van der Waals surface area (Å²) in [6.45, 7) is 10.2. The van der Waals surface area contributed by atoms with Crippen LogP contribution in [0.2, 0.25) is 0 Å². The summed E-state index contributed by atoms with van der Waals surface area (Å²) in [7, 11) is 1.63. The summed E-state index contributed by atoms with van der Waals surface area (Å²) in [5.74, 6) is -5.25. The molecule has 0 unspecified atom stereocenters. The monoisotopic (exact) mass is 740 g/mol. The zero-order chi connectivity index (χ0) is 38.4. The van der Waals surface area contributed by atoms with Gasteiger partial charge in [0.2, 0.25) is 23.6 Å². The first-order valence-electron chi connectivity index (χ1n) is 17.2. The molecule has 17 heteroatoms. The fourth-order valence-electron chi connectivity index (χ4n) is 5.77. The Morgan fingerprint density at radius 1 is 0.981 bits per heavy atom. The molecule has 282 valence electrons. The molecule has 0 saturated heterocycles. The first kappa shape index (κ1) is 39.9. The van der Waals surface area contributed by atoms with Crippen LogP contribution in [0.4, 0.5) is 0 Å². The van der Waals surface area contributed by atoms with Crippen molar-refractivity contribution in [3.63, 3.8) is 0 Å². The number of nitrogens with one attached hydrogen (secondary N) is 6. The number of aryl methyl sites for hydroxylation is 1. The second-order valence-corrected chi connectivity index (χ2v) is 14.8. The number of aromatic nitrogens is 3. The summed E-state index contributed by atoms with van der Waals surface area (Å²) >= 11 is 1.08. The van der Waals surface area contributed by atoms with E-state index in [1.807, 2.05) is 39.8 Å². The minimum Gasteiger partial charge on any atom is -0.480 e. The number of rotatable bonds is 7. The first-order chi connectivity index (χ1) is 24.5. The van der Waals surface area contributed by atoms with Gasteiger partial charge in [-0.05, 0) is 49.8 Å². The number of fused-ring (bicyclic) bond motifs is 3. The standard InChI is InChI=1S/C35H48N8O8S/c1-16(2)12-24-30(46)36-18(5)29(45)41-28(19(6)44)33(49)39-26(35(50)51)15-52-34-21(20-10-8-9-11-22(20)40-34)13-25(31(47)37-24)38-32(48)27-14-23(17(3)4)42-43(27)7/h8-11,14,16-19,24-26,28,40,44H,12-13,15H2,1-7H3,(H,36,46)(H,37,47)(H,38,48)(H,39,49)(H,41,45)(H,50,51)/t18-,19-,24+,25+,26+,28+/m1/s1. The van der Waals surface area contributed by atoms with E-state index in [0.717, 1.165) is 11.8 Å². The lowest BCUT2D eigenvalue weighted by Gasteiger charge is -2.27. The number of para-hydroxylation sites is 1. The van der Waals surface area contributed by atoms with Gasteiger partial charge in [-0.3, -0.25) is 28.7 Å². The molecule has 4 rings (SSSR count). The fourth-order valence-corrected chi connectivity index (χ4v) is 6.88. The zero-order valence-electron chi connectivity index (χ0n) is 30.3. The molecule has 3 aromatic rings. The minimum atomic E-state index is -1.53. The van der Waals surface area contributed by atoms with E-state index in [0.29, 0.717) is 27.2 Å². The van der Waals surface area contributed by atoms with Gasteiger partial charge in [0.1, 0.15) is 35.9 Å². The average molecular weight is 741 g/mol. The second-order valence-electron chi connectivity index (χ2n) is 13.8. The molecule has 52 heavy (non-hydrogen) atoms. The Morgan fingerprint density at radius 3 is 2.29 bits per heavy atom. The summed E-state index contributed by atoms with van der Waals surface area (Å²) in [4.78, 5) is 83.6. The van der Waals surface area contributed by atoms with Crippen LogP contribution < -0.4 is 26.6 Å². The minimum absolute atomic E-state index is 0.0371. The van der Waals surface area contributed by atoms with Crippen LogP contribution in [0.3, 0.4) is 0 Å². The fraction of sp³-hybridized carbons (Fsp3) is 0.514. The highest BCUT2D eigenvalue weighted by molar-refractivity contribution is 7.99. The molecule has 0 spiro atoms. The third-order valence-electron chi connectivity index (χ3n) is 8.69. The number of carbonyl (C=O) groups is 6. The molecule has 0 fully saturated rings. The number of nitrogens with zero attached hydrogens (tertiary/aromatic N) is 2. The number of aliphatic carboxylic acids is 1. The van der Waals surface area contributed by atoms with Crippen molar-refractivity contribution in [2.24, 2.45) is 13.0 Å². The second kappa shape index (κ2) is 17.1. The van der Waals surface area contributed by atoms with Gasteiger partial charge < -0.3 is 41.8 Å². The molecular formula is C35H48N8O8S. The van der Waals surface area contributed by atoms with E-state index in [1.54, 1.807) is 25.2 Å². The Labute approximate surface area is 305 Å². The van der Waals surface area contributed by atoms with Crippen LogP contribution in [0.15, 0.2) is 35.4 Å². The number of carbonyl (C=O) groups excluding carboxylic acids is 5. The molecule has 0 radical (unpaired) electrons. The van der Waals surface area contributed by atoms with Gasteiger partial charge in [-0.2, -0.15) is 5.10 Å². The third kappa shape index (κ3) is 9.70. The van der Waals surface area contributed by atoms with E-state index in [9.17, 15) is 39.0 Å². The number of H-pyrrole nitrogens is 1. The van der Waals surface area contributed by atoms with Crippen molar-refractivity contribution in [3.05, 3.63) is 47.3 Å². The Morgan fingerprint density at radius 2 is 1.67 bits per heavy atom. The summed E-state index contributed by atoms with van der Waals surface area (Å²) in [6.07, 6.45) is -1.29. The van der Waals surface area contributed by atoms with Crippen molar-refractivity contribution < 1.29 is 39.0 Å². The first-order valence-corrected chi connectivity index (χ1v) is 18.1. The number of hydrogen-bond acceptors (Lipinski definition) is 9. The van der Waals surface area contributed by atoms with Gasteiger partial charge in [0, 0.05) is 30.1 Å². The van der Waals surface area contributed by atoms with Crippen LogP contribution in [0.5, 0.6) is 0 Å². The number of aromatic amines is 1. The van der Waals surface area contributed by atoms with E-state index in [2.05, 4.69) is 36.7 Å². The molecule has 0 saturated carbocycles. The van der Waals surface area contributed by atoms with E-state index >= 15 is 0 Å². The number of amides is 5. The van der Waals surface area contributed by atoms with E-state index in [-0.39, 0.29) is 36.1 Å². The SMILES string of the molecule is CC(C)C[C@@H]1NC(=O)[C@@H](NC(=O)c2cc(C(C)C)nn2C)Cc2c([nH]c3ccccc23)SC[C@@H](C(=O)O)NC(=O)[C@H]([C@@H](C)O)NC(=O)[C@@H](C)NC1=O. The van der Waals surface area contributed by atoms with Gasteiger partial charge in [0.25, 0.3) is 5.91 Å². The summed E-state index contributed by atoms with van der Waals surface area (Å²) < 4.78 is 1.43. The largest absolute Gasteiger partial charge is 0.480 e. The Kier molecular flexibility index (Phi) is 13.1. The maximum atomic E-state index is 14.2. The Balaban J connectivity index is 1.82. The summed E-state index contributed by atoms with van der Waals surface area (Å²) in [5, 5.41) is 39.0. The number of carboxylic acid groups (broad SMARTS) is 1. The molecule has 16 nitrogen and oxygen atoms in total. The molecule has 1 aliphatic rings. The summed E-state index contributed by atoms with van der Waals surface area (Å²) in [6, 6.07) is 2.34. The van der Waals surface area contributed by atoms with Crippen molar-refractivity contribution in [1.82, 2.24) is 41.3 Å². The zero-order valence-corrected chi connectivity index (χ0v) is 31.1. The van der Waals surface area contributed by atoms with Crippen molar-refractivity contribution in [2.45, 2.75) is 102 Å². The van der Waals surface area contributed by atoms with Crippen LogP contribution in [0, 0.1) is 5.92 Å². The molecule has 1 aliphatic heterocycles. The van der Waals surface area contributed by atoms with E-state index < -0.39 is 71.8 Å². The van der Waals surface area contributed by atoms with E-state index in [4.69, 9.17) is 0 Å². The molecule has 0 aliphatic carbocycles. The average Bonchev–Trinajstić information content (AvgIpc) is 3.63. The number of thioether (sulfide) groups is 1. The molecule has 1 aromatic carbocycles. The van der Waals surface area contributed by atoms with Crippen molar-refractivity contribution >= 4 is 58.2 Å². The van der Waals surface area contributed by atoms with Crippen molar-refractivity contribution in [2.75, 3.05) is 5.75 Å². The van der Waals surface area contributed by atoms with Crippen LogP contribution in [0.25, 0.3) is 10.9 Å². The lowest BCUT2D eigenvalue weighted by atomic mass is 10.00. The number of benzene rings is 1. The molecule has 2 aromatic heterocycles. The number of carboxylic acids is 1. The highest BCUT2D eigenvalue weighted by atomic mass is 32.2. The highest BCUT2D eigenvalue weighted by Gasteiger charge is 2.35. The van der Waals surface area contributed by atoms with Gasteiger partial charge in [-0.25, -0.2) is 4.79 Å². The van der Waals surface area contributed by atoms with Gasteiger partial charge in [0.15, 0.2) is 0 Å². The molecular weight excluding hydrogens is 693 g/mol. The molecule has 8 N–H and O–H groups in total. The van der Waals surface area contributed by atoms with Crippen LogP contribution in [-0.4, -0.2) is 103 Å². The predicted molar refractivity (Wildman–Crippen MR) is 193 cm³/mol. The Hall–Kier alpha value is -4.90. The maximum Gasteiger partial charge on any atom is 0.327 e. The molecule has 6 atom stereocenters. The van der Waals surface area contributed by atoms with Crippen LogP contribution >= 0.6 is 11.8 Å². The van der Waals surface area contributed by atoms with Crippen molar-refractivity contribution in [3.8, 4) is 0 Å². The van der Waals surface area contributed by atoms with Crippen LogP contribution in [-0.2, 0) is 37.4 Å². The molecule has 0 bridgehead atoms. The lowest BCUT2D eigenvalue weighted by Crippen LogP contribution is -2.60. The highest BCUT2D eigenvalue weighted by Crippen LogP contribution is 2.31. The smallest absolute Gasteiger partial charge is 0.327 e. The third-order valence-corrected chi connectivity index (χ3v) is 9.83. The number of aliphatic hydroxyl groups excluding tert-OH is 1. The normalized spacial score (nSPS) is 23.2. The summed E-state index contributed by atoms with van der Waals surface area (Å²) in [5.41, 5.74) is 2.18. The topological polar surface area (TPSA) is 237 Å². The van der Waals surface area contributed by atoms with Gasteiger partial charge in [-0.15, -0.1) is 11.8 Å². The predicted octanol–water partition coefficient (Wildman–Crippen LogP) is 0.942. The molecule has 5 amide bonds.